The van der Waals surface area contributed by atoms with Crippen LogP contribution in [0, 0.1) is 0 Å². The maximum Gasteiger partial charge on any atom is 0.255 e. The molecule has 28 heavy (non-hydrogen) atoms. The van der Waals surface area contributed by atoms with Gasteiger partial charge >= 0.3 is 0 Å². The average molecular weight is 374 g/mol. The zero-order valence-electron chi connectivity index (χ0n) is 15.7. The summed E-state index contributed by atoms with van der Waals surface area (Å²) < 4.78 is 11.7. The molecule has 2 aromatic carbocycles. The monoisotopic (exact) mass is 374 g/mol. The van der Waals surface area contributed by atoms with E-state index in [9.17, 15) is 4.79 Å². The number of morpholine rings is 1. The molecule has 5 nitrogen and oxygen atoms in total. The van der Waals surface area contributed by atoms with Crippen molar-refractivity contribution in [1.82, 2.24) is 9.88 Å². The fraction of sp³-hybridized carbons (Fsp3) is 0.217. The Kier molecular flexibility index (Phi) is 5.35. The second-order valence-corrected chi connectivity index (χ2v) is 6.86. The van der Waals surface area contributed by atoms with Crippen LogP contribution in [0.1, 0.15) is 28.9 Å². The summed E-state index contributed by atoms with van der Waals surface area (Å²) in [5.74, 6) is 1.12. The normalized spacial score (nSPS) is 19.2. The lowest BCUT2D eigenvalue weighted by molar-refractivity contribution is -0.0691. The molecule has 142 valence electrons. The Bertz CT molecular complexity index is 914. The van der Waals surface area contributed by atoms with Crippen molar-refractivity contribution in [1.29, 1.82) is 0 Å². The first-order valence-electron chi connectivity index (χ1n) is 9.37. The molecular formula is C23H22N2O3. The molecule has 0 spiro atoms. The number of carbonyl (C=O) groups is 1. The first-order chi connectivity index (χ1) is 13.7. The summed E-state index contributed by atoms with van der Waals surface area (Å²) in [5, 5.41) is 0. The molecule has 0 saturated carbocycles. The predicted octanol–water partition coefficient (Wildman–Crippen LogP) is 4.48. The second-order valence-electron chi connectivity index (χ2n) is 6.86. The van der Waals surface area contributed by atoms with E-state index in [0.717, 1.165) is 5.56 Å². The molecule has 0 N–H and O–H groups in total. The van der Waals surface area contributed by atoms with Gasteiger partial charge in [0.1, 0.15) is 11.9 Å². The van der Waals surface area contributed by atoms with Gasteiger partial charge in [-0.2, -0.15) is 0 Å². The summed E-state index contributed by atoms with van der Waals surface area (Å²) in [6, 6.07) is 22.9. The van der Waals surface area contributed by atoms with Crippen LogP contribution in [0.3, 0.4) is 0 Å². The van der Waals surface area contributed by atoms with Crippen molar-refractivity contribution in [3.8, 4) is 11.6 Å². The van der Waals surface area contributed by atoms with E-state index in [1.807, 2.05) is 72.5 Å². The first kappa shape index (κ1) is 18.2. The lowest BCUT2D eigenvalue weighted by atomic mass is 10.1. The SMILES string of the molecule is CC1CN(C(=O)c2ccc(Oc3ccccc3)nc2)CC(c2ccccc2)O1. The molecule has 1 fully saturated rings. The van der Waals surface area contributed by atoms with E-state index < -0.39 is 0 Å². The molecule has 2 heterocycles. The largest absolute Gasteiger partial charge is 0.439 e. The van der Waals surface area contributed by atoms with Gasteiger partial charge in [-0.1, -0.05) is 48.5 Å². The minimum atomic E-state index is -0.123. The van der Waals surface area contributed by atoms with Crippen molar-refractivity contribution in [2.24, 2.45) is 0 Å². The Labute approximate surface area is 164 Å². The average Bonchev–Trinajstić information content (AvgIpc) is 2.75. The van der Waals surface area contributed by atoms with Crippen LogP contribution >= 0.6 is 0 Å². The Morgan fingerprint density at radius 3 is 2.39 bits per heavy atom. The Morgan fingerprint density at radius 2 is 1.71 bits per heavy atom. The van der Waals surface area contributed by atoms with Gasteiger partial charge in [-0.25, -0.2) is 4.98 Å². The Morgan fingerprint density at radius 1 is 1.00 bits per heavy atom. The first-order valence-corrected chi connectivity index (χ1v) is 9.37. The molecule has 0 radical (unpaired) electrons. The summed E-state index contributed by atoms with van der Waals surface area (Å²) >= 11 is 0. The van der Waals surface area contributed by atoms with Crippen LogP contribution < -0.4 is 4.74 Å². The molecule has 1 saturated heterocycles. The molecule has 0 aliphatic carbocycles. The van der Waals surface area contributed by atoms with Crippen LogP contribution in [-0.4, -0.2) is 35.0 Å². The van der Waals surface area contributed by atoms with Crippen LogP contribution in [0.2, 0.25) is 0 Å². The molecule has 0 bridgehead atoms. The molecule has 2 unspecified atom stereocenters. The highest BCUT2D eigenvalue weighted by Crippen LogP contribution is 2.26. The Balaban J connectivity index is 1.46. The zero-order chi connectivity index (χ0) is 19.3. The van der Waals surface area contributed by atoms with E-state index in [4.69, 9.17) is 9.47 Å². The maximum absolute atomic E-state index is 13.0. The molecule has 5 heteroatoms. The molecular weight excluding hydrogens is 352 g/mol. The number of aromatic nitrogens is 1. The number of amides is 1. The number of ether oxygens (including phenoxy) is 2. The third-order valence-corrected chi connectivity index (χ3v) is 4.67. The van der Waals surface area contributed by atoms with Gasteiger partial charge in [-0.15, -0.1) is 0 Å². The maximum atomic E-state index is 13.0. The van der Waals surface area contributed by atoms with E-state index in [2.05, 4.69) is 4.98 Å². The number of hydrogen-bond donors (Lipinski definition) is 0. The summed E-state index contributed by atoms with van der Waals surface area (Å²) in [7, 11) is 0. The van der Waals surface area contributed by atoms with Crippen molar-refractivity contribution in [3.63, 3.8) is 0 Å². The summed E-state index contributed by atoms with van der Waals surface area (Å²) in [6.07, 6.45) is 1.41. The number of carbonyl (C=O) groups excluding carboxylic acids is 1. The standard InChI is InChI=1S/C23H22N2O3/c1-17-15-25(16-21(27-17)18-8-4-2-5-9-18)23(26)19-12-13-22(24-14-19)28-20-10-6-3-7-11-20/h2-14,17,21H,15-16H2,1H3. The van der Waals surface area contributed by atoms with E-state index in [1.54, 1.807) is 18.3 Å². The number of pyridine rings is 1. The van der Waals surface area contributed by atoms with Gasteiger partial charge < -0.3 is 14.4 Å². The van der Waals surface area contributed by atoms with E-state index in [1.165, 1.54) is 0 Å². The predicted molar refractivity (Wildman–Crippen MR) is 106 cm³/mol. The van der Waals surface area contributed by atoms with Gasteiger partial charge in [0.2, 0.25) is 5.88 Å². The van der Waals surface area contributed by atoms with E-state index in [-0.39, 0.29) is 18.1 Å². The fourth-order valence-corrected chi connectivity index (χ4v) is 3.33. The molecule has 1 aliphatic heterocycles. The van der Waals surface area contributed by atoms with Crippen molar-refractivity contribution in [2.75, 3.05) is 13.1 Å². The molecule has 1 amide bonds. The van der Waals surface area contributed by atoms with Crippen molar-refractivity contribution in [3.05, 3.63) is 90.1 Å². The number of nitrogens with zero attached hydrogens (tertiary/aromatic N) is 2. The minimum absolute atomic E-state index is 0.0310. The quantitative estimate of drug-likeness (QED) is 0.676. The topological polar surface area (TPSA) is 51.7 Å². The summed E-state index contributed by atoms with van der Waals surface area (Å²) in [6.45, 7) is 3.07. The highest BCUT2D eigenvalue weighted by molar-refractivity contribution is 5.94. The summed E-state index contributed by atoms with van der Waals surface area (Å²) in [4.78, 5) is 19.1. The Hall–Kier alpha value is -3.18. The van der Waals surface area contributed by atoms with Crippen LogP contribution in [0.15, 0.2) is 79.0 Å². The number of hydrogen-bond acceptors (Lipinski definition) is 4. The lowest BCUT2D eigenvalue weighted by Gasteiger charge is -2.37. The molecule has 1 aliphatic rings. The van der Waals surface area contributed by atoms with Crippen molar-refractivity contribution < 1.29 is 14.3 Å². The van der Waals surface area contributed by atoms with Crippen LogP contribution in [-0.2, 0) is 4.74 Å². The summed E-state index contributed by atoms with van der Waals surface area (Å²) in [5.41, 5.74) is 1.62. The highest BCUT2D eigenvalue weighted by Gasteiger charge is 2.30. The second kappa shape index (κ2) is 8.23. The number of rotatable bonds is 4. The smallest absolute Gasteiger partial charge is 0.255 e. The molecule has 4 rings (SSSR count). The van der Waals surface area contributed by atoms with E-state index >= 15 is 0 Å². The van der Waals surface area contributed by atoms with Gasteiger partial charge in [0.25, 0.3) is 5.91 Å². The van der Waals surface area contributed by atoms with Crippen molar-refractivity contribution in [2.45, 2.75) is 19.1 Å². The number of para-hydroxylation sites is 1. The van der Waals surface area contributed by atoms with E-state index in [0.29, 0.717) is 30.3 Å². The number of benzene rings is 2. The lowest BCUT2D eigenvalue weighted by Crippen LogP contribution is -2.46. The molecule has 3 aromatic rings. The third-order valence-electron chi connectivity index (χ3n) is 4.67. The van der Waals surface area contributed by atoms with Crippen LogP contribution in [0.25, 0.3) is 0 Å². The van der Waals surface area contributed by atoms with Crippen molar-refractivity contribution >= 4 is 5.91 Å². The van der Waals surface area contributed by atoms with Gasteiger partial charge in [0, 0.05) is 18.8 Å². The van der Waals surface area contributed by atoms with Gasteiger partial charge in [0.15, 0.2) is 0 Å². The van der Waals surface area contributed by atoms with Gasteiger partial charge in [-0.3, -0.25) is 4.79 Å². The minimum Gasteiger partial charge on any atom is -0.439 e. The van der Waals surface area contributed by atoms with Gasteiger partial charge in [-0.05, 0) is 30.7 Å². The van der Waals surface area contributed by atoms with Gasteiger partial charge in [0.05, 0.1) is 18.2 Å². The fourth-order valence-electron chi connectivity index (χ4n) is 3.33. The molecule has 2 atom stereocenters. The van der Waals surface area contributed by atoms with Crippen LogP contribution in [0.5, 0.6) is 11.6 Å². The third kappa shape index (κ3) is 4.21. The molecule has 1 aromatic heterocycles. The van der Waals surface area contributed by atoms with Crippen LogP contribution in [0.4, 0.5) is 0 Å². The highest BCUT2D eigenvalue weighted by atomic mass is 16.5. The zero-order valence-corrected chi connectivity index (χ0v) is 15.7.